The summed E-state index contributed by atoms with van der Waals surface area (Å²) in [6, 6.07) is 11.6. The van der Waals surface area contributed by atoms with Crippen LogP contribution >= 0.6 is 0 Å². The molecule has 0 unspecified atom stereocenters. The first-order chi connectivity index (χ1) is 7.83. The summed E-state index contributed by atoms with van der Waals surface area (Å²) in [4.78, 5) is 3.66. The summed E-state index contributed by atoms with van der Waals surface area (Å²) in [5.74, 6) is 0.346. The van der Waals surface area contributed by atoms with Crippen molar-refractivity contribution in [3.8, 4) is 11.1 Å². The van der Waals surface area contributed by atoms with Crippen LogP contribution in [0, 0.1) is 5.95 Å². The minimum absolute atomic E-state index is 0.432. The SMILES string of the molecule is Fc1ccc(-c2ccc(C3CC3)cc2)cn1. The van der Waals surface area contributed by atoms with Gasteiger partial charge in [0.15, 0.2) is 0 Å². The van der Waals surface area contributed by atoms with Gasteiger partial charge in [-0.2, -0.15) is 4.39 Å². The molecule has 1 aromatic carbocycles. The molecule has 0 aliphatic heterocycles. The van der Waals surface area contributed by atoms with Gasteiger partial charge in [0.05, 0.1) is 0 Å². The third kappa shape index (κ3) is 1.83. The summed E-state index contributed by atoms with van der Waals surface area (Å²) >= 11 is 0. The van der Waals surface area contributed by atoms with Crippen molar-refractivity contribution < 1.29 is 4.39 Å². The van der Waals surface area contributed by atoms with Crippen molar-refractivity contribution in [2.24, 2.45) is 0 Å². The Bertz CT molecular complexity index is 483. The predicted molar refractivity (Wildman–Crippen MR) is 61.6 cm³/mol. The zero-order chi connectivity index (χ0) is 11.0. The van der Waals surface area contributed by atoms with Crippen molar-refractivity contribution in [2.45, 2.75) is 18.8 Å². The molecule has 0 saturated heterocycles. The molecule has 1 nitrogen and oxygen atoms in total. The molecule has 1 aliphatic carbocycles. The third-order valence-corrected chi connectivity index (χ3v) is 3.02. The van der Waals surface area contributed by atoms with E-state index in [2.05, 4.69) is 29.2 Å². The molecule has 0 spiro atoms. The number of hydrogen-bond acceptors (Lipinski definition) is 1. The van der Waals surface area contributed by atoms with Gasteiger partial charge in [-0.05, 0) is 42.0 Å². The van der Waals surface area contributed by atoms with Crippen LogP contribution in [0.25, 0.3) is 11.1 Å². The van der Waals surface area contributed by atoms with Gasteiger partial charge in [-0.1, -0.05) is 24.3 Å². The van der Waals surface area contributed by atoms with Crippen LogP contribution in [-0.4, -0.2) is 4.98 Å². The van der Waals surface area contributed by atoms with E-state index < -0.39 is 5.95 Å². The number of pyridine rings is 1. The molecule has 2 aromatic rings. The molecule has 1 heterocycles. The minimum atomic E-state index is -0.432. The number of rotatable bonds is 2. The molecule has 0 radical (unpaired) electrons. The zero-order valence-corrected chi connectivity index (χ0v) is 8.86. The number of aromatic nitrogens is 1. The summed E-state index contributed by atoms with van der Waals surface area (Å²) < 4.78 is 12.7. The Morgan fingerprint density at radius 1 is 0.938 bits per heavy atom. The second-order valence-corrected chi connectivity index (χ2v) is 4.27. The van der Waals surface area contributed by atoms with Crippen molar-refractivity contribution in [3.05, 3.63) is 54.1 Å². The van der Waals surface area contributed by atoms with E-state index in [9.17, 15) is 4.39 Å². The molecule has 0 N–H and O–H groups in total. The monoisotopic (exact) mass is 213 g/mol. The Morgan fingerprint density at radius 3 is 2.19 bits per heavy atom. The molecule has 3 rings (SSSR count). The lowest BCUT2D eigenvalue weighted by Gasteiger charge is -2.02. The first-order valence-corrected chi connectivity index (χ1v) is 5.55. The molecule has 0 amide bonds. The largest absolute Gasteiger partial charge is 0.228 e. The smallest absolute Gasteiger partial charge is 0.212 e. The fourth-order valence-corrected chi connectivity index (χ4v) is 1.91. The average molecular weight is 213 g/mol. The van der Waals surface area contributed by atoms with E-state index in [1.807, 2.05) is 0 Å². The summed E-state index contributed by atoms with van der Waals surface area (Å²) in [7, 11) is 0. The van der Waals surface area contributed by atoms with E-state index in [1.165, 1.54) is 24.5 Å². The molecule has 1 aromatic heterocycles. The van der Waals surface area contributed by atoms with E-state index in [0.29, 0.717) is 0 Å². The first kappa shape index (κ1) is 9.52. The second-order valence-electron chi connectivity index (χ2n) is 4.27. The van der Waals surface area contributed by atoms with Crippen LogP contribution in [0.3, 0.4) is 0 Å². The molecule has 2 heteroatoms. The Morgan fingerprint density at radius 2 is 1.62 bits per heavy atom. The quantitative estimate of drug-likeness (QED) is 0.692. The highest BCUT2D eigenvalue weighted by molar-refractivity contribution is 5.62. The van der Waals surface area contributed by atoms with Crippen molar-refractivity contribution in [1.29, 1.82) is 0 Å². The van der Waals surface area contributed by atoms with Crippen LogP contribution in [0.2, 0.25) is 0 Å². The molecular formula is C14H12FN. The Hall–Kier alpha value is -1.70. The van der Waals surface area contributed by atoms with E-state index in [1.54, 1.807) is 12.3 Å². The lowest BCUT2D eigenvalue weighted by molar-refractivity contribution is 0.584. The maximum atomic E-state index is 12.7. The number of halogens is 1. The molecule has 1 saturated carbocycles. The lowest BCUT2D eigenvalue weighted by atomic mass is 10.0. The Balaban J connectivity index is 1.91. The Labute approximate surface area is 94.0 Å². The van der Waals surface area contributed by atoms with Gasteiger partial charge in [0, 0.05) is 11.8 Å². The van der Waals surface area contributed by atoms with Crippen LogP contribution in [0.5, 0.6) is 0 Å². The van der Waals surface area contributed by atoms with Gasteiger partial charge in [0.2, 0.25) is 5.95 Å². The van der Waals surface area contributed by atoms with Gasteiger partial charge in [0.25, 0.3) is 0 Å². The predicted octanol–water partition coefficient (Wildman–Crippen LogP) is 3.77. The van der Waals surface area contributed by atoms with Crippen LogP contribution in [0.15, 0.2) is 42.6 Å². The molecule has 0 bridgehead atoms. The molecule has 16 heavy (non-hydrogen) atoms. The van der Waals surface area contributed by atoms with Crippen molar-refractivity contribution in [1.82, 2.24) is 4.98 Å². The maximum absolute atomic E-state index is 12.7. The molecule has 1 fully saturated rings. The molecule has 0 atom stereocenters. The fraction of sp³-hybridized carbons (Fsp3) is 0.214. The van der Waals surface area contributed by atoms with Gasteiger partial charge in [-0.3, -0.25) is 0 Å². The van der Waals surface area contributed by atoms with Crippen LogP contribution < -0.4 is 0 Å². The van der Waals surface area contributed by atoms with Crippen molar-refractivity contribution in [2.75, 3.05) is 0 Å². The van der Waals surface area contributed by atoms with E-state index in [-0.39, 0.29) is 0 Å². The zero-order valence-electron chi connectivity index (χ0n) is 8.86. The third-order valence-electron chi connectivity index (χ3n) is 3.02. The maximum Gasteiger partial charge on any atom is 0.212 e. The molecule has 80 valence electrons. The summed E-state index contributed by atoms with van der Waals surface area (Å²) in [6.45, 7) is 0. The highest BCUT2D eigenvalue weighted by atomic mass is 19.1. The normalized spacial score (nSPS) is 15.1. The highest BCUT2D eigenvalue weighted by Gasteiger charge is 2.22. The average Bonchev–Trinajstić information content (AvgIpc) is 3.14. The number of hydrogen-bond donors (Lipinski definition) is 0. The summed E-state index contributed by atoms with van der Waals surface area (Å²) in [5.41, 5.74) is 3.47. The van der Waals surface area contributed by atoms with Gasteiger partial charge in [-0.25, -0.2) is 4.98 Å². The standard InChI is InChI=1S/C14H12FN/c15-14-8-7-13(9-16-14)12-5-3-11(4-6-12)10-1-2-10/h3-10H,1-2H2. The fourth-order valence-electron chi connectivity index (χ4n) is 1.91. The van der Waals surface area contributed by atoms with Crippen molar-refractivity contribution in [3.63, 3.8) is 0 Å². The minimum Gasteiger partial charge on any atom is -0.228 e. The van der Waals surface area contributed by atoms with E-state index >= 15 is 0 Å². The van der Waals surface area contributed by atoms with Crippen LogP contribution in [0.1, 0.15) is 24.3 Å². The summed E-state index contributed by atoms with van der Waals surface area (Å²) in [6.07, 6.45) is 4.20. The topological polar surface area (TPSA) is 12.9 Å². The van der Waals surface area contributed by atoms with Gasteiger partial charge >= 0.3 is 0 Å². The highest BCUT2D eigenvalue weighted by Crippen LogP contribution is 2.40. The number of nitrogens with zero attached hydrogens (tertiary/aromatic N) is 1. The van der Waals surface area contributed by atoms with E-state index in [0.717, 1.165) is 17.0 Å². The molecule has 1 aliphatic rings. The van der Waals surface area contributed by atoms with Gasteiger partial charge < -0.3 is 0 Å². The van der Waals surface area contributed by atoms with Crippen molar-refractivity contribution >= 4 is 0 Å². The Kier molecular flexibility index (Phi) is 2.21. The van der Waals surface area contributed by atoms with Gasteiger partial charge in [0.1, 0.15) is 0 Å². The van der Waals surface area contributed by atoms with Crippen LogP contribution in [0.4, 0.5) is 4.39 Å². The van der Waals surface area contributed by atoms with Gasteiger partial charge in [-0.15, -0.1) is 0 Å². The number of benzene rings is 1. The van der Waals surface area contributed by atoms with E-state index in [4.69, 9.17) is 0 Å². The molecular weight excluding hydrogens is 201 g/mol. The lowest BCUT2D eigenvalue weighted by Crippen LogP contribution is -1.84. The van der Waals surface area contributed by atoms with Crippen LogP contribution in [-0.2, 0) is 0 Å². The second kappa shape index (κ2) is 3.71. The first-order valence-electron chi connectivity index (χ1n) is 5.55. The summed E-state index contributed by atoms with van der Waals surface area (Å²) in [5, 5.41) is 0.